The summed E-state index contributed by atoms with van der Waals surface area (Å²) in [4.78, 5) is 11.1. The van der Waals surface area contributed by atoms with Gasteiger partial charge in [-0.3, -0.25) is 4.98 Å². The van der Waals surface area contributed by atoms with Crippen LogP contribution >= 0.6 is 0 Å². The monoisotopic (exact) mass is 220 g/mol. The van der Waals surface area contributed by atoms with Crippen LogP contribution in [0.25, 0.3) is 0 Å². The molecule has 2 rings (SSSR count). The molecular weight excluding hydrogens is 200 g/mol. The van der Waals surface area contributed by atoms with Gasteiger partial charge in [-0.05, 0) is 18.8 Å². The summed E-state index contributed by atoms with van der Waals surface area (Å²) < 4.78 is 0. The zero-order valence-electron chi connectivity index (χ0n) is 9.89. The number of hydrogen-bond donors (Lipinski definition) is 1. The van der Waals surface area contributed by atoms with Gasteiger partial charge >= 0.3 is 0 Å². The average Bonchev–Trinajstić information content (AvgIpc) is 2.39. The van der Waals surface area contributed by atoms with Crippen LogP contribution < -0.4 is 10.6 Å². The number of nitrogens with two attached hydrogens (primary N) is 1. The van der Waals surface area contributed by atoms with Crippen molar-refractivity contribution in [1.29, 1.82) is 0 Å². The second kappa shape index (κ2) is 5.25. The zero-order valence-corrected chi connectivity index (χ0v) is 9.89. The lowest BCUT2D eigenvalue weighted by atomic mass is 9.96. The van der Waals surface area contributed by atoms with Gasteiger partial charge in [-0.25, -0.2) is 4.98 Å². The molecule has 4 heteroatoms. The molecule has 1 fully saturated rings. The Labute approximate surface area is 96.9 Å². The number of aromatic nitrogens is 2. The minimum absolute atomic E-state index is 0.464. The zero-order chi connectivity index (χ0) is 11.4. The normalized spacial score (nSPS) is 21.1. The lowest BCUT2D eigenvalue weighted by Crippen LogP contribution is -2.35. The summed E-state index contributed by atoms with van der Waals surface area (Å²) >= 11 is 0. The Morgan fingerprint density at radius 2 is 2.38 bits per heavy atom. The van der Waals surface area contributed by atoms with Crippen molar-refractivity contribution in [3.63, 3.8) is 0 Å². The Kier molecular flexibility index (Phi) is 3.72. The molecule has 1 unspecified atom stereocenters. The van der Waals surface area contributed by atoms with Crippen molar-refractivity contribution in [3.8, 4) is 0 Å². The van der Waals surface area contributed by atoms with Crippen molar-refractivity contribution in [2.75, 3.05) is 18.0 Å². The van der Waals surface area contributed by atoms with E-state index in [-0.39, 0.29) is 0 Å². The molecule has 16 heavy (non-hydrogen) atoms. The van der Waals surface area contributed by atoms with Gasteiger partial charge in [-0.1, -0.05) is 13.3 Å². The number of hydrogen-bond acceptors (Lipinski definition) is 4. The van der Waals surface area contributed by atoms with E-state index in [1.165, 1.54) is 19.3 Å². The van der Waals surface area contributed by atoms with Gasteiger partial charge in [0.25, 0.3) is 0 Å². The third-order valence-electron chi connectivity index (χ3n) is 3.30. The van der Waals surface area contributed by atoms with E-state index in [2.05, 4.69) is 21.8 Å². The Morgan fingerprint density at radius 1 is 1.50 bits per heavy atom. The molecule has 0 amide bonds. The van der Waals surface area contributed by atoms with Gasteiger partial charge < -0.3 is 10.6 Å². The quantitative estimate of drug-likeness (QED) is 0.840. The minimum Gasteiger partial charge on any atom is -0.355 e. The Balaban J connectivity index is 2.10. The SMILES string of the molecule is CCC1CCCN(c2cncc(CN)n2)C1. The number of piperidine rings is 1. The summed E-state index contributed by atoms with van der Waals surface area (Å²) in [6, 6.07) is 0. The van der Waals surface area contributed by atoms with Crippen LogP contribution in [0, 0.1) is 5.92 Å². The Bertz CT molecular complexity index is 340. The summed E-state index contributed by atoms with van der Waals surface area (Å²) in [6.07, 6.45) is 7.44. The molecule has 4 nitrogen and oxygen atoms in total. The van der Waals surface area contributed by atoms with E-state index in [1.54, 1.807) is 6.20 Å². The minimum atomic E-state index is 0.464. The molecule has 0 spiro atoms. The molecule has 1 aromatic rings. The molecule has 0 saturated carbocycles. The molecule has 0 aliphatic carbocycles. The van der Waals surface area contributed by atoms with Gasteiger partial charge in [0.15, 0.2) is 0 Å². The second-order valence-corrected chi connectivity index (χ2v) is 4.44. The second-order valence-electron chi connectivity index (χ2n) is 4.44. The molecule has 1 aliphatic heterocycles. The van der Waals surface area contributed by atoms with Gasteiger partial charge in [-0.15, -0.1) is 0 Å². The summed E-state index contributed by atoms with van der Waals surface area (Å²) in [5.74, 6) is 1.79. The molecule has 88 valence electrons. The predicted octanol–water partition coefficient (Wildman–Crippen LogP) is 1.56. The van der Waals surface area contributed by atoms with E-state index in [1.807, 2.05) is 6.20 Å². The van der Waals surface area contributed by atoms with Gasteiger partial charge in [0.1, 0.15) is 5.82 Å². The lowest BCUT2D eigenvalue weighted by molar-refractivity contribution is 0.402. The van der Waals surface area contributed by atoms with Crippen molar-refractivity contribution >= 4 is 5.82 Å². The highest BCUT2D eigenvalue weighted by molar-refractivity contribution is 5.36. The molecule has 1 aliphatic rings. The molecule has 0 bridgehead atoms. The van der Waals surface area contributed by atoms with Gasteiger partial charge in [0.05, 0.1) is 11.9 Å². The van der Waals surface area contributed by atoms with Crippen LogP contribution in [0.2, 0.25) is 0 Å². The average molecular weight is 220 g/mol. The highest BCUT2D eigenvalue weighted by atomic mass is 15.2. The number of nitrogens with zero attached hydrogens (tertiary/aromatic N) is 3. The number of anilines is 1. The standard InChI is InChI=1S/C12H20N4/c1-2-10-4-3-5-16(9-10)12-8-14-7-11(6-13)15-12/h7-8,10H,2-6,9,13H2,1H3. The fourth-order valence-electron chi connectivity index (χ4n) is 2.25. The van der Waals surface area contributed by atoms with Crippen LogP contribution in [0.3, 0.4) is 0 Å². The van der Waals surface area contributed by atoms with Crippen LogP contribution in [-0.4, -0.2) is 23.1 Å². The molecule has 1 aromatic heterocycles. The highest BCUT2D eigenvalue weighted by Gasteiger charge is 2.19. The van der Waals surface area contributed by atoms with Gasteiger partial charge in [-0.2, -0.15) is 0 Å². The highest BCUT2D eigenvalue weighted by Crippen LogP contribution is 2.22. The fraction of sp³-hybridized carbons (Fsp3) is 0.667. The van der Waals surface area contributed by atoms with Crippen LogP contribution in [0.15, 0.2) is 12.4 Å². The molecule has 0 radical (unpaired) electrons. The molecular formula is C12H20N4. The predicted molar refractivity (Wildman–Crippen MR) is 65.2 cm³/mol. The van der Waals surface area contributed by atoms with E-state index in [9.17, 15) is 0 Å². The van der Waals surface area contributed by atoms with E-state index >= 15 is 0 Å². The molecule has 0 aromatic carbocycles. The first-order valence-corrected chi connectivity index (χ1v) is 6.09. The maximum atomic E-state index is 5.58. The first-order valence-electron chi connectivity index (χ1n) is 6.09. The van der Waals surface area contributed by atoms with E-state index < -0.39 is 0 Å². The summed E-state index contributed by atoms with van der Waals surface area (Å²) in [5.41, 5.74) is 6.45. The van der Waals surface area contributed by atoms with Crippen molar-refractivity contribution in [2.24, 2.45) is 11.7 Å². The van der Waals surface area contributed by atoms with Gasteiger partial charge in [0.2, 0.25) is 0 Å². The van der Waals surface area contributed by atoms with Crippen LogP contribution in [0.1, 0.15) is 31.9 Å². The molecule has 1 saturated heterocycles. The largest absolute Gasteiger partial charge is 0.355 e. The smallest absolute Gasteiger partial charge is 0.147 e. The first kappa shape index (κ1) is 11.3. The summed E-state index contributed by atoms with van der Waals surface area (Å²) in [6.45, 7) is 4.93. The lowest BCUT2D eigenvalue weighted by Gasteiger charge is -2.33. The maximum Gasteiger partial charge on any atom is 0.147 e. The third-order valence-corrected chi connectivity index (χ3v) is 3.30. The fourth-order valence-corrected chi connectivity index (χ4v) is 2.25. The Morgan fingerprint density at radius 3 is 3.12 bits per heavy atom. The van der Waals surface area contributed by atoms with Crippen molar-refractivity contribution < 1.29 is 0 Å². The van der Waals surface area contributed by atoms with Crippen LogP contribution in [-0.2, 0) is 6.54 Å². The topological polar surface area (TPSA) is 55.0 Å². The van der Waals surface area contributed by atoms with E-state index in [4.69, 9.17) is 5.73 Å². The third kappa shape index (κ3) is 2.50. The van der Waals surface area contributed by atoms with Crippen molar-refractivity contribution in [3.05, 3.63) is 18.1 Å². The van der Waals surface area contributed by atoms with Crippen molar-refractivity contribution in [1.82, 2.24) is 9.97 Å². The summed E-state index contributed by atoms with van der Waals surface area (Å²) in [5, 5.41) is 0. The first-order chi connectivity index (χ1) is 7.83. The Hall–Kier alpha value is -1.16. The van der Waals surface area contributed by atoms with Gasteiger partial charge in [0, 0.05) is 25.8 Å². The van der Waals surface area contributed by atoms with E-state index in [0.717, 1.165) is 30.5 Å². The van der Waals surface area contributed by atoms with Crippen LogP contribution in [0.5, 0.6) is 0 Å². The maximum absolute atomic E-state index is 5.58. The molecule has 2 heterocycles. The summed E-state index contributed by atoms with van der Waals surface area (Å²) in [7, 11) is 0. The molecule has 1 atom stereocenters. The van der Waals surface area contributed by atoms with Crippen LogP contribution in [0.4, 0.5) is 5.82 Å². The number of rotatable bonds is 3. The van der Waals surface area contributed by atoms with Crippen molar-refractivity contribution in [2.45, 2.75) is 32.7 Å². The van der Waals surface area contributed by atoms with E-state index in [0.29, 0.717) is 6.54 Å². The molecule has 2 N–H and O–H groups in total.